The number of morpholine rings is 1. The second-order valence-electron chi connectivity index (χ2n) is 3.60. The van der Waals surface area contributed by atoms with E-state index in [1.54, 1.807) is 0 Å². The van der Waals surface area contributed by atoms with E-state index in [1.165, 1.54) is 0 Å². The number of nitrogen functional groups attached to an aromatic ring is 1. The lowest BCUT2D eigenvalue weighted by molar-refractivity contribution is 0.0495. The first-order valence-electron chi connectivity index (χ1n) is 5.08. The van der Waals surface area contributed by atoms with Crippen molar-refractivity contribution in [3.05, 3.63) is 17.8 Å². The fraction of sp³-hybridized carbons (Fsp3) is 0.500. The third-order valence-electron chi connectivity index (χ3n) is 2.34. The first-order chi connectivity index (χ1) is 7.25. The van der Waals surface area contributed by atoms with Crippen molar-refractivity contribution >= 4 is 11.5 Å². The zero-order chi connectivity index (χ0) is 10.7. The Morgan fingerprint density at radius 1 is 1.40 bits per heavy atom. The van der Waals surface area contributed by atoms with E-state index < -0.39 is 0 Å². The highest BCUT2D eigenvalue weighted by Gasteiger charge is 2.11. The van der Waals surface area contributed by atoms with Crippen LogP contribution in [0.25, 0.3) is 0 Å². The maximum Gasteiger partial charge on any atom is 0.163 e. The van der Waals surface area contributed by atoms with Crippen LogP contribution in [0, 0.1) is 6.92 Å². The van der Waals surface area contributed by atoms with Gasteiger partial charge in [0.25, 0.3) is 0 Å². The minimum absolute atomic E-state index is 0.673. The second-order valence-corrected chi connectivity index (χ2v) is 3.60. The number of aryl methyl sites for hydroxylation is 1. The van der Waals surface area contributed by atoms with Crippen molar-refractivity contribution in [3.63, 3.8) is 0 Å². The lowest BCUT2D eigenvalue weighted by Gasteiger charge is -2.27. The predicted molar refractivity (Wildman–Crippen MR) is 59.4 cm³/mol. The van der Waals surface area contributed by atoms with Gasteiger partial charge in [-0.3, -0.25) is 0 Å². The summed E-state index contributed by atoms with van der Waals surface area (Å²) >= 11 is 0. The van der Waals surface area contributed by atoms with Gasteiger partial charge in [-0.05, 0) is 19.1 Å². The predicted octanol–water partition coefficient (Wildman–Crippen LogP) is 0.631. The van der Waals surface area contributed by atoms with Gasteiger partial charge in [0.15, 0.2) is 5.82 Å². The summed E-state index contributed by atoms with van der Waals surface area (Å²) in [6, 6.07) is 3.77. The number of anilines is 2. The number of hydrazine groups is 1. The molecule has 0 aliphatic carbocycles. The molecule has 82 valence electrons. The van der Waals surface area contributed by atoms with Gasteiger partial charge in [0, 0.05) is 18.8 Å². The molecule has 1 aliphatic heterocycles. The molecule has 5 heteroatoms. The van der Waals surface area contributed by atoms with Gasteiger partial charge >= 0.3 is 0 Å². The van der Waals surface area contributed by atoms with Crippen molar-refractivity contribution in [2.75, 3.05) is 37.5 Å². The van der Waals surface area contributed by atoms with Crippen LogP contribution in [0.3, 0.4) is 0 Å². The third-order valence-corrected chi connectivity index (χ3v) is 2.34. The zero-order valence-corrected chi connectivity index (χ0v) is 8.86. The molecule has 15 heavy (non-hydrogen) atoms. The molecule has 1 aromatic rings. The van der Waals surface area contributed by atoms with Gasteiger partial charge < -0.3 is 15.9 Å². The fourth-order valence-corrected chi connectivity index (χ4v) is 1.48. The maximum atomic E-state index is 5.82. The molecule has 0 unspecified atom stereocenters. The summed E-state index contributed by atoms with van der Waals surface area (Å²) in [7, 11) is 0. The summed E-state index contributed by atoms with van der Waals surface area (Å²) in [6.07, 6.45) is 0. The van der Waals surface area contributed by atoms with Gasteiger partial charge in [-0.1, -0.05) is 0 Å². The van der Waals surface area contributed by atoms with E-state index in [4.69, 9.17) is 10.5 Å². The Balaban J connectivity index is 2.05. The van der Waals surface area contributed by atoms with E-state index in [0.717, 1.165) is 37.8 Å². The Bertz CT molecular complexity index is 336. The third kappa shape index (κ3) is 2.57. The highest BCUT2D eigenvalue weighted by Crippen LogP contribution is 2.16. The summed E-state index contributed by atoms with van der Waals surface area (Å²) in [5, 5.41) is 2.07. The molecule has 1 fully saturated rings. The number of nitrogens with zero attached hydrogens (tertiary/aromatic N) is 2. The summed E-state index contributed by atoms with van der Waals surface area (Å²) in [5.41, 5.74) is 10.7. The van der Waals surface area contributed by atoms with E-state index in [0.29, 0.717) is 5.69 Å². The van der Waals surface area contributed by atoms with Crippen LogP contribution in [0.1, 0.15) is 5.69 Å². The van der Waals surface area contributed by atoms with Crippen molar-refractivity contribution in [2.24, 2.45) is 0 Å². The monoisotopic (exact) mass is 208 g/mol. The lowest BCUT2D eigenvalue weighted by atomic mass is 10.3. The quantitative estimate of drug-likeness (QED) is 0.746. The molecule has 3 N–H and O–H groups in total. The smallest absolute Gasteiger partial charge is 0.163 e. The van der Waals surface area contributed by atoms with E-state index in [2.05, 4.69) is 15.4 Å². The molecular formula is C10H16N4O. The second kappa shape index (κ2) is 4.46. The molecule has 0 saturated carbocycles. The normalized spacial score (nSPS) is 17.7. The Kier molecular flexibility index (Phi) is 3.03. The Morgan fingerprint density at radius 2 is 2.13 bits per heavy atom. The van der Waals surface area contributed by atoms with Crippen molar-refractivity contribution in [2.45, 2.75) is 6.92 Å². The lowest BCUT2D eigenvalue weighted by Crippen LogP contribution is -2.40. The van der Waals surface area contributed by atoms with Gasteiger partial charge in [0.1, 0.15) is 0 Å². The molecule has 0 atom stereocenters. The average molecular weight is 208 g/mol. The highest BCUT2D eigenvalue weighted by atomic mass is 16.5. The standard InChI is InChI=1S/C10H16N4O/c1-8-2-3-9(11)10(12-8)13-14-4-6-15-7-5-14/h2-3H,4-7,11H2,1H3,(H,12,13). The molecule has 0 amide bonds. The summed E-state index contributed by atoms with van der Waals surface area (Å²) in [5.74, 6) is 0.733. The molecular weight excluding hydrogens is 192 g/mol. The van der Waals surface area contributed by atoms with Crippen LogP contribution in [-0.4, -0.2) is 36.3 Å². The molecule has 1 aromatic heterocycles. The zero-order valence-electron chi connectivity index (χ0n) is 8.86. The van der Waals surface area contributed by atoms with E-state index in [-0.39, 0.29) is 0 Å². The number of hydrogen-bond acceptors (Lipinski definition) is 5. The van der Waals surface area contributed by atoms with Crippen LogP contribution in [-0.2, 0) is 4.74 Å². The van der Waals surface area contributed by atoms with Crippen molar-refractivity contribution in [1.29, 1.82) is 0 Å². The average Bonchev–Trinajstić information content (AvgIpc) is 2.25. The molecule has 2 heterocycles. The van der Waals surface area contributed by atoms with Gasteiger partial charge in [-0.25, -0.2) is 9.99 Å². The molecule has 1 aliphatic rings. The Morgan fingerprint density at radius 3 is 2.87 bits per heavy atom. The molecule has 0 aromatic carbocycles. The van der Waals surface area contributed by atoms with Gasteiger partial charge in [-0.2, -0.15) is 0 Å². The van der Waals surface area contributed by atoms with Crippen LogP contribution in [0.5, 0.6) is 0 Å². The number of nitrogens with one attached hydrogen (secondary N) is 1. The highest BCUT2D eigenvalue weighted by molar-refractivity contribution is 5.60. The summed E-state index contributed by atoms with van der Waals surface area (Å²) < 4.78 is 5.26. The Hall–Kier alpha value is -1.33. The van der Waals surface area contributed by atoms with Crippen LogP contribution in [0.4, 0.5) is 11.5 Å². The molecule has 0 spiro atoms. The van der Waals surface area contributed by atoms with E-state index >= 15 is 0 Å². The van der Waals surface area contributed by atoms with Crippen LogP contribution in [0.15, 0.2) is 12.1 Å². The van der Waals surface area contributed by atoms with Gasteiger partial charge in [-0.15, -0.1) is 0 Å². The topological polar surface area (TPSA) is 63.4 Å². The van der Waals surface area contributed by atoms with Crippen LogP contribution in [0.2, 0.25) is 0 Å². The van der Waals surface area contributed by atoms with Crippen molar-refractivity contribution in [1.82, 2.24) is 9.99 Å². The molecule has 2 rings (SSSR count). The van der Waals surface area contributed by atoms with E-state index in [1.807, 2.05) is 19.1 Å². The summed E-state index contributed by atoms with van der Waals surface area (Å²) in [6.45, 7) is 5.16. The number of rotatable bonds is 2. The number of hydrogen-bond donors (Lipinski definition) is 2. The minimum Gasteiger partial charge on any atom is -0.396 e. The maximum absolute atomic E-state index is 5.82. The molecule has 5 nitrogen and oxygen atoms in total. The Labute approximate surface area is 89.2 Å². The number of pyridine rings is 1. The largest absolute Gasteiger partial charge is 0.396 e. The van der Waals surface area contributed by atoms with Crippen LogP contribution < -0.4 is 11.2 Å². The van der Waals surface area contributed by atoms with Crippen LogP contribution >= 0.6 is 0 Å². The first kappa shape index (κ1) is 10.2. The first-order valence-corrected chi connectivity index (χ1v) is 5.08. The molecule has 0 bridgehead atoms. The van der Waals surface area contributed by atoms with Gasteiger partial charge in [0.05, 0.1) is 18.9 Å². The number of ether oxygens (including phenoxy) is 1. The minimum atomic E-state index is 0.673. The molecule has 1 saturated heterocycles. The number of nitrogens with two attached hydrogens (primary N) is 1. The SMILES string of the molecule is Cc1ccc(N)c(NN2CCOCC2)n1. The van der Waals surface area contributed by atoms with Gasteiger partial charge in [0.2, 0.25) is 0 Å². The summed E-state index contributed by atoms with van der Waals surface area (Å²) in [4.78, 5) is 4.35. The number of aromatic nitrogens is 1. The fourth-order valence-electron chi connectivity index (χ4n) is 1.48. The van der Waals surface area contributed by atoms with Crippen molar-refractivity contribution in [3.8, 4) is 0 Å². The van der Waals surface area contributed by atoms with E-state index in [9.17, 15) is 0 Å². The van der Waals surface area contributed by atoms with Crippen molar-refractivity contribution < 1.29 is 4.74 Å². The molecule has 0 radical (unpaired) electrons.